The minimum atomic E-state index is 0.487. The summed E-state index contributed by atoms with van der Waals surface area (Å²) in [5.41, 5.74) is 9.25. The molecule has 0 saturated carbocycles. The molecule has 0 bridgehead atoms. The molecule has 0 amide bonds. The van der Waals surface area contributed by atoms with Crippen LogP contribution in [-0.2, 0) is 6.42 Å². The van der Waals surface area contributed by atoms with Crippen LogP contribution in [0, 0.1) is 0 Å². The topological polar surface area (TPSA) is 26.0 Å². The maximum Gasteiger partial charge on any atom is 0.103 e. The number of nitrogens with two attached hydrogens (primary N) is 1. The van der Waals surface area contributed by atoms with E-state index in [1.54, 1.807) is 0 Å². The van der Waals surface area contributed by atoms with Crippen molar-refractivity contribution in [3.8, 4) is 0 Å². The van der Waals surface area contributed by atoms with Gasteiger partial charge in [0.1, 0.15) is 4.99 Å². The summed E-state index contributed by atoms with van der Waals surface area (Å²) in [7, 11) is 0. The summed E-state index contributed by atoms with van der Waals surface area (Å²) in [5, 5.41) is 0. The summed E-state index contributed by atoms with van der Waals surface area (Å²) in [6.07, 6.45) is 7.91. The SMILES string of the molecule is NC(=S)c1ccc2c(c1)CCCC=C2. The molecule has 72 valence electrons. The number of rotatable bonds is 1. The minimum Gasteiger partial charge on any atom is -0.389 e. The first-order valence-corrected chi connectivity index (χ1v) is 5.27. The molecule has 1 aromatic carbocycles. The van der Waals surface area contributed by atoms with Gasteiger partial charge in [0.25, 0.3) is 0 Å². The molecule has 2 rings (SSSR count). The summed E-state index contributed by atoms with van der Waals surface area (Å²) in [6, 6.07) is 6.22. The van der Waals surface area contributed by atoms with Gasteiger partial charge in [0.15, 0.2) is 0 Å². The van der Waals surface area contributed by atoms with Crippen molar-refractivity contribution in [2.45, 2.75) is 19.3 Å². The van der Waals surface area contributed by atoms with Crippen LogP contribution in [0.25, 0.3) is 6.08 Å². The Hall–Kier alpha value is -1.15. The van der Waals surface area contributed by atoms with Crippen LogP contribution in [0.2, 0.25) is 0 Å². The number of thiocarbonyl (C=S) groups is 1. The third-order valence-electron chi connectivity index (χ3n) is 2.54. The zero-order valence-electron chi connectivity index (χ0n) is 7.99. The van der Waals surface area contributed by atoms with E-state index in [0.717, 1.165) is 18.4 Å². The van der Waals surface area contributed by atoms with E-state index in [0.29, 0.717) is 4.99 Å². The van der Waals surface area contributed by atoms with E-state index < -0.39 is 0 Å². The summed E-state index contributed by atoms with van der Waals surface area (Å²) in [5.74, 6) is 0. The van der Waals surface area contributed by atoms with Crippen LogP contribution in [0.1, 0.15) is 29.5 Å². The molecule has 2 N–H and O–H groups in total. The smallest absolute Gasteiger partial charge is 0.103 e. The predicted octanol–water partition coefficient (Wildman–Crippen LogP) is 2.67. The number of fused-ring (bicyclic) bond motifs is 1. The molecular weight excluding hydrogens is 190 g/mol. The Labute approximate surface area is 89.6 Å². The molecule has 0 aliphatic heterocycles. The van der Waals surface area contributed by atoms with Crippen molar-refractivity contribution in [3.63, 3.8) is 0 Å². The summed E-state index contributed by atoms with van der Waals surface area (Å²) < 4.78 is 0. The van der Waals surface area contributed by atoms with Crippen LogP contribution in [0.5, 0.6) is 0 Å². The molecule has 0 aromatic heterocycles. The van der Waals surface area contributed by atoms with Crippen LogP contribution in [-0.4, -0.2) is 4.99 Å². The van der Waals surface area contributed by atoms with E-state index in [-0.39, 0.29) is 0 Å². The zero-order chi connectivity index (χ0) is 9.97. The Bertz CT molecular complexity index is 393. The molecule has 0 heterocycles. The molecule has 0 radical (unpaired) electrons. The lowest BCUT2D eigenvalue weighted by Crippen LogP contribution is -2.09. The second-order valence-corrected chi connectivity index (χ2v) is 4.01. The molecule has 0 saturated heterocycles. The fraction of sp³-hybridized carbons (Fsp3) is 0.250. The highest BCUT2D eigenvalue weighted by atomic mass is 32.1. The molecule has 1 aliphatic rings. The maximum absolute atomic E-state index is 5.60. The Morgan fingerprint density at radius 3 is 3.00 bits per heavy atom. The van der Waals surface area contributed by atoms with Gasteiger partial charge in [-0.15, -0.1) is 0 Å². The van der Waals surface area contributed by atoms with Gasteiger partial charge in [-0.05, 0) is 36.5 Å². The van der Waals surface area contributed by atoms with E-state index in [1.165, 1.54) is 17.5 Å². The van der Waals surface area contributed by atoms with Crippen LogP contribution in [0.3, 0.4) is 0 Å². The number of benzene rings is 1. The van der Waals surface area contributed by atoms with Gasteiger partial charge in [-0.1, -0.05) is 36.5 Å². The van der Waals surface area contributed by atoms with Crippen LogP contribution >= 0.6 is 12.2 Å². The second-order valence-electron chi connectivity index (χ2n) is 3.57. The first-order chi connectivity index (χ1) is 6.77. The molecule has 1 nitrogen and oxygen atoms in total. The van der Waals surface area contributed by atoms with Crippen molar-refractivity contribution in [2.75, 3.05) is 0 Å². The average Bonchev–Trinajstić information content (AvgIpc) is 2.41. The van der Waals surface area contributed by atoms with Crippen molar-refractivity contribution >= 4 is 23.3 Å². The number of aryl methyl sites for hydroxylation is 1. The molecule has 0 atom stereocenters. The molecule has 0 fully saturated rings. The van der Waals surface area contributed by atoms with Gasteiger partial charge in [0.2, 0.25) is 0 Å². The molecule has 14 heavy (non-hydrogen) atoms. The highest BCUT2D eigenvalue weighted by Crippen LogP contribution is 2.20. The first kappa shape index (κ1) is 9.41. The van der Waals surface area contributed by atoms with Crippen molar-refractivity contribution in [1.82, 2.24) is 0 Å². The van der Waals surface area contributed by atoms with Gasteiger partial charge in [-0.2, -0.15) is 0 Å². The summed E-state index contributed by atoms with van der Waals surface area (Å²) >= 11 is 4.96. The number of hydrogen-bond donors (Lipinski definition) is 1. The van der Waals surface area contributed by atoms with Gasteiger partial charge in [0.05, 0.1) is 0 Å². The molecule has 0 spiro atoms. The summed E-state index contributed by atoms with van der Waals surface area (Å²) in [6.45, 7) is 0. The normalized spacial score (nSPS) is 14.6. The number of hydrogen-bond acceptors (Lipinski definition) is 1. The average molecular weight is 203 g/mol. The first-order valence-electron chi connectivity index (χ1n) is 4.86. The largest absolute Gasteiger partial charge is 0.389 e. The zero-order valence-corrected chi connectivity index (χ0v) is 8.81. The molecular formula is C12H13NS. The highest BCUT2D eigenvalue weighted by molar-refractivity contribution is 7.80. The lowest BCUT2D eigenvalue weighted by molar-refractivity contribution is 0.851. The van der Waals surface area contributed by atoms with Crippen molar-refractivity contribution < 1.29 is 0 Å². The Morgan fingerprint density at radius 2 is 2.21 bits per heavy atom. The lowest BCUT2D eigenvalue weighted by atomic mass is 10.0. The minimum absolute atomic E-state index is 0.487. The van der Waals surface area contributed by atoms with Gasteiger partial charge >= 0.3 is 0 Å². The quantitative estimate of drug-likeness (QED) is 0.710. The molecule has 2 heteroatoms. The van der Waals surface area contributed by atoms with E-state index in [1.807, 2.05) is 6.07 Å². The predicted molar refractivity (Wildman–Crippen MR) is 64.3 cm³/mol. The van der Waals surface area contributed by atoms with Crippen molar-refractivity contribution in [1.29, 1.82) is 0 Å². The van der Waals surface area contributed by atoms with Gasteiger partial charge in [-0.25, -0.2) is 0 Å². The lowest BCUT2D eigenvalue weighted by Gasteiger charge is -2.06. The van der Waals surface area contributed by atoms with Crippen LogP contribution in [0.4, 0.5) is 0 Å². The van der Waals surface area contributed by atoms with Crippen LogP contribution in [0.15, 0.2) is 24.3 Å². The van der Waals surface area contributed by atoms with Gasteiger partial charge < -0.3 is 5.73 Å². The van der Waals surface area contributed by atoms with Crippen molar-refractivity contribution in [2.24, 2.45) is 5.73 Å². The standard InChI is InChI=1S/C12H13NS/c13-12(14)11-7-6-9-4-2-1-3-5-10(9)8-11/h2,4,6-8H,1,3,5H2,(H2,13,14). The molecule has 1 aromatic rings. The van der Waals surface area contributed by atoms with Crippen molar-refractivity contribution in [3.05, 3.63) is 41.0 Å². The van der Waals surface area contributed by atoms with E-state index >= 15 is 0 Å². The molecule has 0 unspecified atom stereocenters. The summed E-state index contributed by atoms with van der Waals surface area (Å²) in [4.78, 5) is 0.487. The van der Waals surface area contributed by atoms with E-state index in [4.69, 9.17) is 18.0 Å². The maximum atomic E-state index is 5.60. The van der Waals surface area contributed by atoms with Gasteiger partial charge in [-0.3, -0.25) is 0 Å². The third kappa shape index (κ3) is 1.85. The Balaban J connectivity index is 2.44. The fourth-order valence-electron chi connectivity index (χ4n) is 1.76. The molecule has 1 aliphatic carbocycles. The van der Waals surface area contributed by atoms with E-state index in [9.17, 15) is 0 Å². The number of allylic oxidation sites excluding steroid dienone is 1. The Kier molecular flexibility index (Phi) is 2.64. The van der Waals surface area contributed by atoms with Crippen LogP contribution < -0.4 is 5.73 Å². The fourth-order valence-corrected chi connectivity index (χ4v) is 1.89. The van der Waals surface area contributed by atoms with Gasteiger partial charge in [0, 0.05) is 5.56 Å². The third-order valence-corrected chi connectivity index (χ3v) is 2.78. The second kappa shape index (κ2) is 3.93. The van der Waals surface area contributed by atoms with E-state index in [2.05, 4.69) is 24.3 Å². The monoisotopic (exact) mass is 203 g/mol. The Morgan fingerprint density at radius 1 is 1.36 bits per heavy atom. The highest BCUT2D eigenvalue weighted by Gasteiger charge is 2.05.